The first kappa shape index (κ1) is 8.05. The summed E-state index contributed by atoms with van der Waals surface area (Å²) in [5.41, 5.74) is 0.773. The lowest BCUT2D eigenvalue weighted by molar-refractivity contribution is -0.136. The van der Waals surface area contributed by atoms with Crippen molar-refractivity contribution in [2.75, 3.05) is 7.11 Å². The first-order valence-corrected chi connectivity index (χ1v) is 3.76. The van der Waals surface area contributed by atoms with Crippen LogP contribution in [0, 0.1) is 5.92 Å². The molecule has 0 amide bonds. The van der Waals surface area contributed by atoms with E-state index >= 15 is 0 Å². The van der Waals surface area contributed by atoms with Crippen LogP contribution in [0.25, 0.3) is 0 Å². The molecule has 0 aromatic rings. The lowest BCUT2D eigenvalue weighted by Gasteiger charge is -2.07. The Morgan fingerprint density at radius 3 is 3.00 bits per heavy atom. The van der Waals surface area contributed by atoms with Crippen molar-refractivity contribution in [2.45, 2.75) is 13.3 Å². The van der Waals surface area contributed by atoms with Gasteiger partial charge in [-0.15, -0.1) is 0 Å². The Morgan fingerprint density at radius 1 is 1.73 bits per heavy atom. The Bertz CT molecular complexity index is 214. The molecule has 0 aliphatic heterocycles. The molecule has 0 aromatic carbocycles. The molecule has 2 nitrogen and oxygen atoms in total. The minimum atomic E-state index is -0.207. The van der Waals surface area contributed by atoms with Crippen molar-refractivity contribution in [3.05, 3.63) is 23.8 Å². The van der Waals surface area contributed by atoms with E-state index < -0.39 is 0 Å². The van der Waals surface area contributed by atoms with Crippen LogP contribution in [0.4, 0.5) is 0 Å². The predicted molar refractivity (Wildman–Crippen MR) is 43.0 cm³/mol. The molecule has 0 N–H and O–H groups in total. The SMILES string of the molecule is CCC1C=CC=C1C(=O)OC. The maximum absolute atomic E-state index is 11.1. The number of carbonyl (C=O) groups excluding carboxylic acids is 1. The van der Waals surface area contributed by atoms with Gasteiger partial charge in [0.05, 0.1) is 7.11 Å². The molecule has 11 heavy (non-hydrogen) atoms. The van der Waals surface area contributed by atoms with E-state index in [1.165, 1.54) is 7.11 Å². The summed E-state index contributed by atoms with van der Waals surface area (Å²) in [6.45, 7) is 2.05. The number of hydrogen-bond acceptors (Lipinski definition) is 2. The molecule has 0 saturated heterocycles. The van der Waals surface area contributed by atoms with Gasteiger partial charge in [0.1, 0.15) is 0 Å². The smallest absolute Gasteiger partial charge is 0.334 e. The Balaban J connectivity index is 2.67. The van der Waals surface area contributed by atoms with E-state index in [2.05, 4.69) is 11.7 Å². The van der Waals surface area contributed by atoms with Crippen molar-refractivity contribution < 1.29 is 9.53 Å². The van der Waals surface area contributed by atoms with Crippen molar-refractivity contribution in [1.29, 1.82) is 0 Å². The summed E-state index contributed by atoms with van der Waals surface area (Å²) in [5, 5.41) is 0. The maximum Gasteiger partial charge on any atom is 0.334 e. The average Bonchev–Trinajstić information content (AvgIpc) is 2.50. The zero-order chi connectivity index (χ0) is 8.27. The van der Waals surface area contributed by atoms with E-state index in [1.807, 2.05) is 18.2 Å². The minimum Gasteiger partial charge on any atom is -0.466 e. The summed E-state index contributed by atoms with van der Waals surface area (Å²) in [5.74, 6) is 0.0595. The number of allylic oxidation sites excluding steroid dienone is 3. The third-order valence-corrected chi connectivity index (χ3v) is 1.88. The molecule has 0 bridgehead atoms. The fourth-order valence-corrected chi connectivity index (χ4v) is 1.21. The zero-order valence-electron chi connectivity index (χ0n) is 6.83. The Hall–Kier alpha value is -1.05. The van der Waals surface area contributed by atoms with E-state index in [9.17, 15) is 4.79 Å². The Morgan fingerprint density at radius 2 is 2.45 bits per heavy atom. The molecule has 1 aliphatic carbocycles. The van der Waals surface area contributed by atoms with Crippen molar-refractivity contribution in [3.8, 4) is 0 Å². The second kappa shape index (κ2) is 3.37. The van der Waals surface area contributed by atoms with Crippen LogP contribution in [0.5, 0.6) is 0 Å². The normalized spacial score (nSPS) is 21.6. The molecule has 0 heterocycles. The van der Waals surface area contributed by atoms with Gasteiger partial charge in [-0.05, 0) is 6.42 Å². The average molecular weight is 152 g/mol. The molecule has 0 aromatic heterocycles. The van der Waals surface area contributed by atoms with Gasteiger partial charge in [-0.25, -0.2) is 4.79 Å². The first-order valence-electron chi connectivity index (χ1n) is 3.76. The van der Waals surface area contributed by atoms with Gasteiger partial charge in [-0.1, -0.05) is 25.2 Å². The topological polar surface area (TPSA) is 26.3 Å². The summed E-state index contributed by atoms with van der Waals surface area (Å²) in [6.07, 6.45) is 6.70. The summed E-state index contributed by atoms with van der Waals surface area (Å²) >= 11 is 0. The quantitative estimate of drug-likeness (QED) is 0.563. The molecule has 1 unspecified atom stereocenters. The van der Waals surface area contributed by atoms with E-state index in [-0.39, 0.29) is 11.9 Å². The third kappa shape index (κ3) is 1.50. The molecule has 0 fully saturated rings. The second-order valence-corrected chi connectivity index (χ2v) is 2.51. The van der Waals surface area contributed by atoms with E-state index in [1.54, 1.807) is 0 Å². The van der Waals surface area contributed by atoms with Crippen LogP contribution in [0.2, 0.25) is 0 Å². The molecule has 1 aliphatic rings. The van der Waals surface area contributed by atoms with Crippen molar-refractivity contribution in [2.24, 2.45) is 5.92 Å². The standard InChI is InChI=1S/C9H12O2/c1-3-7-5-4-6-8(7)9(10)11-2/h4-7H,3H2,1-2H3. The number of ether oxygens (including phenoxy) is 1. The van der Waals surface area contributed by atoms with E-state index in [0.717, 1.165) is 12.0 Å². The van der Waals surface area contributed by atoms with Crippen molar-refractivity contribution >= 4 is 5.97 Å². The maximum atomic E-state index is 11.1. The molecular weight excluding hydrogens is 140 g/mol. The fourth-order valence-electron chi connectivity index (χ4n) is 1.21. The summed E-state index contributed by atoms with van der Waals surface area (Å²) < 4.78 is 4.62. The molecule has 60 valence electrons. The molecule has 1 rings (SSSR count). The van der Waals surface area contributed by atoms with Gasteiger partial charge in [0.25, 0.3) is 0 Å². The number of esters is 1. The largest absolute Gasteiger partial charge is 0.466 e. The monoisotopic (exact) mass is 152 g/mol. The first-order chi connectivity index (χ1) is 5.29. The van der Waals surface area contributed by atoms with Gasteiger partial charge in [-0.3, -0.25) is 0 Å². The van der Waals surface area contributed by atoms with Gasteiger partial charge < -0.3 is 4.74 Å². The van der Waals surface area contributed by atoms with Crippen LogP contribution < -0.4 is 0 Å². The molecular formula is C9H12O2. The van der Waals surface area contributed by atoms with Crippen LogP contribution in [-0.4, -0.2) is 13.1 Å². The van der Waals surface area contributed by atoms with Crippen LogP contribution >= 0.6 is 0 Å². The van der Waals surface area contributed by atoms with Gasteiger partial charge >= 0.3 is 5.97 Å². The van der Waals surface area contributed by atoms with Gasteiger partial charge in [-0.2, -0.15) is 0 Å². The highest BCUT2D eigenvalue weighted by molar-refractivity contribution is 5.90. The van der Waals surface area contributed by atoms with Crippen LogP contribution in [-0.2, 0) is 9.53 Å². The fraction of sp³-hybridized carbons (Fsp3) is 0.444. The van der Waals surface area contributed by atoms with Crippen molar-refractivity contribution in [1.82, 2.24) is 0 Å². The van der Waals surface area contributed by atoms with E-state index in [4.69, 9.17) is 0 Å². The van der Waals surface area contributed by atoms with Gasteiger partial charge in [0.2, 0.25) is 0 Å². The molecule has 2 heteroatoms. The predicted octanol–water partition coefficient (Wildman–Crippen LogP) is 1.68. The van der Waals surface area contributed by atoms with Crippen molar-refractivity contribution in [3.63, 3.8) is 0 Å². The van der Waals surface area contributed by atoms with Crippen LogP contribution in [0.1, 0.15) is 13.3 Å². The van der Waals surface area contributed by atoms with Gasteiger partial charge in [0, 0.05) is 11.5 Å². The highest BCUT2D eigenvalue weighted by Gasteiger charge is 2.19. The number of carbonyl (C=O) groups is 1. The Kier molecular flexibility index (Phi) is 2.47. The highest BCUT2D eigenvalue weighted by atomic mass is 16.5. The molecule has 0 saturated carbocycles. The summed E-state index contributed by atoms with van der Waals surface area (Å²) in [6, 6.07) is 0. The second-order valence-electron chi connectivity index (χ2n) is 2.51. The lowest BCUT2D eigenvalue weighted by atomic mass is 10.0. The molecule has 0 spiro atoms. The number of hydrogen-bond donors (Lipinski definition) is 0. The zero-order valence-corrected chi connectivity index (χ0v) is 6.83. The third-order valence-electron chi connectivity index (χ3n) is 1.88. The molecule has 1 atom stereocenters. The Labute approximate surface area is 66.5 Å². The molecule has 0 radical (unpaired) electrons. The van der Waals surface area contributed by atoms with E-state index in [0.29, 0.717) is 0 Å². The van der Waals surface area contributed by atoms with Gasteiger partial charge in [0.15, 0.2) is 0 Å². The lowest BCUT2D eigenvalue weighted by Crippen LogP contribution is -2.10. The number of methoxy groups -OCH3 is 1. The van der Waals surface area contributed by atoms with Crippen LogP contribution in [0.3, 0.4) is 0 Å². The minimum absolute atomic E-state index is 0.207. The number of rotatable bonds is 2. The summed E-state index contributed by atoms with van der Waals surface area (Å²) in [4.78, 5) is 11.1. The van der Waals surface area contributed by atoms with Crippen LogP contribution in [0.15, 0.2) is 23.8 Å². The summed E-state index contributed by atoms with van der Waals surface area (Å²) in [7, 11) is 1.41. The highest BCUT2D eigenvalue weighted by Crippen LogP contribution is 2.22.